The molecule has 0 aliphatic carbocycles. The lowest BCUT2D eigenvalue weighted by Crippen LogP contribution is -2.01. The summed E-state index contributed by atoms with van der Waals surface area (Å²) < 4.78 is 0. The summed E-state index contributed by atoms with van der Waals surface area (Å²) in [6.07, 6.45) is 0. The minimum Gasteiger partial charge on any atom is -0.478 e. The number of rotatable bonds is 3. The minimum atomic E-state index is -1.05. The third kappa shape index (κ3) is 2.87. The van der Waals surface area contributed by atoms with Crippen molar-refractivity contribution in [1.29, 1.82) is 5.26 Å². The van der Waals surface area contributed by atoms with Crippen LogP contribution in [0.2, 0.25) is 5.02 Å². The Morgan fingerprint density at radius 1 is 1.40 bits per heavy atom. The highest BCUT2D eigenvalue weighted by molar-refractivity contribution is 6.33. The van der Waals surface area contributed by atoms with Crippen molar-refractivity contribution in [3.8, 4) is 6.07 Å². The van der Waals surface area contributed by atoms with Crippen LogP contribution in [0.4, 0.5) is 11.5 Å². The Kier molecular flexibility index (Phi) is 3.87. The molecular weight excluding hydrogens is 278 g/mol. The molecule has 0 saturated heterocycles. The van der Waals surface area contributed by atoms with Crippen molar-refractivity contribution in [2.45, 2.75) is 6.92 Å². The number of nitrogens with zero attached hydrogens (tertiary/aromatic N) is 2. The van der Waals surface area contributed by atoms with E-state index in [9.17, 15) is 4.79 Å². The molecule has 5 nitrogen and oxygen atoms in total. The maximum Gasteiger partial charge on any atom is 0.335 e. The van der Waals surface area contributed by atoms with Crippen LogP contribution in [-0.2, 0) is 0 Å². The highest BCUT2D eigenvalue weighted by atomic mass is 35.5. The average molecular weight is 288 g/mol. The van der Waals surface area contributed by atoms with Gasteiger partial charge in [-0.3, -0.25) is 0 Å². The Bertz CT molecular complexity index is 723. The van der Waals surface area contributed by atoms with Crippen LogP contribution in [0.15, 0.2) is 30.3 Å². The maximum atomic E-state index is 10.8. The number of carbonyl (C=O) groups is 1. The first-order chi connectivity index (χ1) is 9.51. The number of nitriles is 1. The van der Waals surface area contributed by atoms with E-state index in [0.29, 0.717) is 17.1 Å². The molecule has 0 aliphatic rings. The van der Waals surface area contributed by atoms with E-state index in [2.05, 4.69) is 10.3 Å². The van der Waals surface area contributed by atoms with Crippen LogP contribution >= 0.6 is 11.6 Å². The van der Waals surface area contributed by atoms with E-state index >= 15 is 0 Å². The van der Waals surface area contributed by atoms with Gasteiger partial charge in [0.25, 0.3) is 0 Å². The summed E-state index contributed by atoms with van der Waals surface area (Å²) in [4.78, 5) is 15.1. The van der Waals surface area contributed by atoms with Crippen LogP contribution in [0.3, 0.4) is 0 Å². The molecule has 0 spiro atoms. The quantitative estimate of drug-likeness (QED) is 0.904. The highest BCUT2D eigenvalue weighted by Gasteiger charge is 2.10. The van der Waals surface area contributed by atoms with Crippen LogP contribution in [0.1, 0.15) is 21.6 Å². The predicted octanol–water partition coefficient (Wildman–Crippen LogP) is 3.36. The molecule has 0 aliphatic heterocycles. The van der Waals surface area contributed by atoms with Crippen molar-refractivity contribution in [3.63, 3.8) is 0 Å². The van der Waals surface area contributed by atoms with Gasteiger partial charge in [0, 0.05) is 5.69 Å². The molecule has 0 unspecified atom stereocenters. The van der Waals surface area contributed by atoms with E-state index in [4.69, 9.17) is 22.0 Å². The zero-order valence-corrected chi connectivity index (χ0v) is 11.3. The van der Waals surface area contributed by atoms with E-state index in [0.717, 1.165) is 5.69 Å². The van der Waals surface area contributed by atoms with Gasteiger partial charge in [0.1, 0.15) is 11.9 Å². The largest absolute Gasteiger partial charge is 0.478 e. The van der Waals surface area contributed by atoms with E-state index in [1.54, 1.807) is 12.1 Å². The lowest BCUT2D eigenvalue weighted by molar-refractivity contribution is 0.0697. The fraction of sp³-hybridized carbons (Fsp3) is 0.0714. The molecule has 0 amide bonds. The molecule has 100 valence electrons. The summed E-state index contributed by atoms with van der Waals surface area (Å²) in [5, 5.41) is 21.1. The minimum absolute atomic E-state index is 0.0956. The fourth-order valence-corrected chi connectivity index (χ4v) is 1.85. The molecule has 2 rings (SSSR count). The van der Waals surface area contributed by atoms with Crippen molar-refractivity contribution >= 4 is 29.1 Å². The summed E-state index contributed by atoms with van der Waals surface area (Å²) in [6.45, 7) is 1.81. The number of hydrogen-bond acceptors (Lipinski definition) is 4. The van der Waals surface area contributed by atoms with E-state index in [1.807, 2.05) is 13.0 Å². The summed E-state index contributed by atoms with van der Waals surface area (Å²) in [6, 6.07) is 9.73. The number of aromatic nitrogens is 1. The number of aryl methyl sites for hydroxylation is 1. The van der Waals surface area contributed by atoms with Gasteiger partial charge >= 0.3 is 5.97 Å². The van der Waals surface area contributed by atoms with Gasteiger partial charge in [-0.15, -0.1) is 0 Å². The summed E-state index contributed by atoms with van der Waals surface area (Å²) in [5.74, 6) is -0.665. The molecule has 2 N–H and O–H groups in total. The molecule has 0 atom stereocenters. The van der Waals surface area contributed by atoms with E-state index in [1.165, 1.54) is 18.2 Å². The van der Waals surface area contributed by atoms with Gasteiger partial charge in [-0.2, -0.15) is 5.26 Å². The van der Waals surface area contributed by atoms with Gasteiger partial charge in [0.2, 0.25) is 0 Å². The van der Waals surface area contributed by atoms with Crippen LogP contribution in [0.5, 0.6) is 0 Å². The Balaban J connectivity index is 2.38. The average Bonchev–Trinajstić information content (AvgIpc) is 2.41. The molecular formula is C14H10ClN3O2. The zero-order chi connectivity index (χ0) is 14.7. The first-order valence-electron chi connectivity index (χ1n) is 5.69. The number of halogens is 1. The standard InChI is InChI=1S/C14H10ClN3O2/c1-8-2-3-10(7-16)13(17-8)18-12-5-4-9(14(19)20)6-11(12)15/h2-6H,1H3,(H,17,18)(H,19,20). The van der Waals surface area contributed by atoms with Crippen LogP contribution in [0.25, 0.3) is 0 Å². The predicted molar refractivity (Wildman–Crippen MR) is 75.4 cm³/mol. The lowest BCUT2D eigenvalue weighted by atomic mass is 10.2. The summed E-state index contributed by atoms with van der Waals surface area (Å²) >= 11 is 6.02. The third-order valence-corrected chi connectivity index (χ3v) is 2.94. The number of benzene rings is 1. The van der Waals surface area contributed by atoms with E-state index < -0.39 is 5.97 Å². The molecule has 1 heterocycles. The Morgan fingerprint density at radius 2 is 2.15 bits per heavy atom. The van der Waals surface area contributed by atoms with Gasteiger partial charge in [-0.1, -0.05) is 11.6 Å². The second-order valence-corrected chi connectivity index (χ2v) is 4.49. The van der Waals surface area contributed by atoms with Crippen LogP contribution in [0, 0.1) is 18.3 Å². The SMILES string of the molecule is Cc1ccc(C#N)c(Nc2ccc(C(=O)O)cc2Cl)n1. The second-order valence-electron chi connectivity index (χ2n) is 4.09. The molecule has 2 aromatic rings. The molecule has 1 aromatic heterocycles. The van der Waals surface area contributed by atoms with Gasteiger partial charge in [0.05, 0.1) is 21.8 Å². The number of anilines is 2. The number of carboxylic acids is 1. The van der Waals surface area contributed by atoms with Crippen molar-refractivity contribution in [2.24, 2.45) is 0 Å². The summed E-state index contributed by atoms with van der Waals surface area (Å²) in [7, 11) is 0. The van der Waals surface area contributed by atoms with Gasteiger partial charge in [-0.05, 0) is 37.3 Å². The van der Waals surface area contributed by atoms with Crippen LogP contribution in [-0.4, -0.2) is 16.1 Å². The Morgan fingerprint density at radius 3 is 2.75 bits per heavy atom. The van der Waals surface area contributed by atoms with Crippen molar-refractivity contribution in [1.82, 2.24) is 4.98 Å². The van der Waals surface area contributed by atoms with Crippen molar-refractivity contribution in [2.75, 3.05) is 5.32 Å². The van der Waals surface area contributed by atoms with Crippen molar-refractivity contribution in [3.05, 3.63) is 52.2 Å². The molecule has 6 heteroatoms. The number of pyridine rings is 1. The van der Waals surface area contributed by atoms with Gasteiger partial charge < -0.3 is 10.4 Å². The van der Waals surface area contributed by atoms with E-state index in [-0.39, 0.29) is 10.6 Å². The van der Waals surface area contributed by atoms with Gasteiger partial charge in [0.15, 0.2) is 0 Å². The highest BCUT2D eigenvalue weighted by Crippen LogP contribution is 2.27. The first-order valence-corrected chi connectivity index (χ1v) is 6.06. The number of aromatic carboxylic acids is 1. The molecule has 1 aromatic carbocycles. The summed E-state index contributed by atoms with van der Waals surface area (Å²) in [5.41, 5.74) is 1.73. The van der Waals surface area contributed by atoms with Crippen molar-refractivity contribution < 1.29 is 9.90 Å². The number of nitrogens with one attached hydrogen (secondary N) is 1. The number of hydrogen-bond donors (Lipinski definition) is 2. The smallest absolute Gasteiger partial charge is 0.335 e. The first kappa shape index (κ1) is 13.8. The second kappa shape index (κ2) is 5.59. The molecule has 0 bridgehead atoms. The Labute approximate surface area is 120 Å². The third-order valence-electron chi connectivity index (χ3n) is 2.62. The monoisotopic (exact) mass is 287 g/mol. The molecule has 20 heavy (non-hydrogen) atoms. The zero-order valence-electron chi connectivity index (χ0n) is 10.5. The lowest BCUT2D eigenvalue weighted by Gasteiger charge is -2.10. The number of carboxylic acid groups (broad SMARTS) is 1. The Hall–Kier alpha value is -2.58. The molecule has 0 radical (unpaired) electrons. The topological polar surface area (TPSA) is 86.0 Å². The fourth-order valence-electron chi connectivity index (χ4n) is 1.62. The maximum absolute atomic E-state index is 10.8. The molecule has 0 saturated carbocycles. The molecule has 0 fully saturated rings. The van der Waals surface area contributed by atoms with Gasteiger partial charge in [-0.25, -0.2) is 9.78 Å². The normalized spacial score (nSPS) is 9.85. The van der Waals surface area contributed by atoms with Crippen LogP contribution < -0.4 is 5.32 Å².